The minimum Gasteiger partial charge on any atom is -0.444 e. The summed E-state index contributed by atoms with van der Waals surface area (Å²) in [6, 6.07) is 7.52. The highest BCUT2D eigenvalue weighted by molar-refractivity contribution is 6.30. The predicted octanol–water partition coefficient (Wildman–Crippen LogP) is 4.27. The van der Waals surface area contributed by atoms with Gasteiger partial charge in [0.2, 0.25) is 11.8 Å². The summed E-state index contributed by atoms with van der Waals surface area (Å²) in [6.07, 6.45) is 2.87. The van der Waals surface area contributed by atoms with Crippen LogP contribution in [-0.4, -0.2) is 45.9 Å². The average molecular weight is 407 g/mol. The first-order valence-electron chi connectivity index (χ1n) is 9.59. The summed E-state index contributed by atoms with van der Waals surface area (Å²) < 4.78 is 11.2. The Hall–Kier alpha value is -2.12. The standard InChI is InChI=1S/C20H27ClN4O3/c1-20(2,3)28-19(26)22-12-16-6-4-5-11-25(16)13-17-23-24-18(27-17)14-7-9-15(21)10-8-14/h7-10,16H,4-6,11-13H2,1-3H3,(H,22,26). The normalized spacial score (nSPS) is 18.1. The van der Waals surface area contributed by atoms with Gasteiger partial charge >= 0.3 is 6.09 Å². The zero-order chi connectivity index (χ0) is 20.1. The molecule has 7 nitrogen and oxygen atoms in total. The molecule has 1 aromatic carbocycles. The van der Waals surface area contributed by atoms with Gasteiger partial charge in [-0.05, 0) is 64.4 Å². The zero-order valence-electron chi connectivity index (χ0n) is 16.6. The lowest BCUT2D eigenvalue weighted by atomic mass is 10.0. The smallest absolute Gasteiger partial charge is 0.407 e. The van der Waals surface area contributed by atoms with E-state index in [-0.39, 0.29) is 12.1 Å². The summed E-state index contributed by atoms with van der Waals surface area (Å²) in [4.78, 5) is 14.2. The Bertz CT molecular complexity index is 785. The molecule has 8 heteroatoms. The van der Waals surface area contributed by atoms with Gasteiger partial charge in [0, 0.05) is 23.2 Å². The van der Waals surface area contributed by atoms with Crippen molar-refractivity contribution in [2.75, 3.05) is 13.1 Å². The quantitative estimate of drug-likeness (QED) is 0.798. The van der Waals surface area contributed by atoms with Gasteiger partial charge in [0.15, 0.2) is 0 Å². The predicted molar refractivity (Wildman–Crippen MR) is 107 cm³/mol. The lowest BCUT2D eigenvalue weighted by molar-refractivity contribution is 0.0488. The third-order valence-electron chi connectivity index (χ3n) is 4.53. The fourth-order valence-corrected chi connectivity index (χ4v) is 3.34. The Morgan fingerprint density at radius 2 is 2.04 bits per heavy atom. The topological polar surface area (TPSA) is 80.5 Å². The summed E-state index contributed by atoms with van der Waals surface area (Å²) >= 11 is 5.92. The summed E-state index contributed by atoms with van der Waals surface area (Å²) in [6.45, 7) is 7.59. The number of hydrogen-bond donors (Lipinski definition) is 1. The van der Waals surface area contributed by atoms with Crippen LogP contribution in [0.5, 0.6) is 0 Å². The Kier molecular flexibility index (Phi) is 6.57. The molecule has 0 spiro atoms. The number of alkyl carbamates (subject to hydrolysis) is 1. The third-order valence-corrected chi connectivity index (χ3v) is 4.78. The van der Waals surface area contributed by atoms with Crippen LogP contribution in [0.15, 0.2) is 28.7 Å². The Balaban J connectivity index is 1.58. The maximum atomic E-state index is 11.9. The number of carbonyl (C=O) groups excluding carboxylic acids is 1. The number of rotatable bonds is 5. The highest BCUT2D eigenvalue weighted by Gasteiger charge is 2.26. The van der Waals surface area contributed by atoms with E-state index in [2.05, 4.69) is 20.4 Å². The Morgan fingerprint density at radius 3 is 2.75 bits per heavy atom. The molecule has 1 aromatic heterocycles. The number of likely N-dealkylation sites (tertiary alicyclic amines) is 1. The van der Waals surface area contributed by atoms with E-state index in [4.69, 9.17) is 20.8 Å². The second kappa shape index (κ2) is 8.92. The van der Waals surface area contributed by atoms with Gasteiger partial charge in [0.05, 0.1) is 6.54 Å². The van der Waals surface area contributed by atoms with Crippen LogP contribution < -0.4 is 5.32 Å². The molecule has 1 aliphatic rings. The molecule has 0 radical (unpaired) electrons. The van der Waals surface area contributed by atoms with E-state index in [0.717, 1.165) is 31.4 Å². The van der Waals surface area contributed by atoms with Crippen LogP contribution >= 0.6 is 11.6 Å². The van der Waals surface area contributed by atoms with Gasteiger partial charge < -0.3 is 14.5 Å². The van der Waals surface area contributed by atoms with E-state index in [1.807, 2.05) is 32.9 Å². The number of nitrogens with zero attached hydrogens (tertiary/aromatic N) is 3. The summed E-state index contributed by atoms with van der Waals surface area (Å²) in [5.41, 5.74) is 0.336. The van der Waals surface area contributed by atoms with Crippen LogP contribution in [0.2, 0.25) is 5.02 Å². The van der Waals surface area contributed by atoms with Crippen molar-refractivity contribution in [3.05, 3.63) is 35.2 Å². The number of piperidine rings is 1. The number of halogens is 1. The van der Waals surface area contributed by atoms with Crippen LogP contribution in [0, 0.1) is 0 Å². The highest BCUT2D eigenvalue weighted by Crippen LogP contribution is 2.23. The molecule has 0 saturated carbocycles. The van der Waals surface area contributed by atoms with E-state index < -0.39 is 5.60 Å². The van der Waals surface area contributed by atoms with Crippen molar-refractivity contribution in [3.63, 3.8) is 0 Å². The van der Waals surface area contributed by atoms with Crippen molar-refractivity contribution in [3.8, 4) is 11.5 Å². The van der Waals surface area contributed by atoms with Crippen molar-refractivity contribution in [1.29, 1.82) is 0 Å². The fourth-order valence-electron chi connectivity index (χ4n) is 3.22. The van der Waals surface area contributed by atoms with Crippen LogP contribution in [0.3, 0.4) is 0 Å². The summed E-state index contributed by atoms with van der Waals surface area (Å²) in [7, 11) is 0. The molecule has 0 bridgehead atoms. The molecule has 2 heterocycles. The number of hydrogen-bond acceptors (Lipinski definition) is 6. The van der Waals surface area contributed by atoms with Crippen molar-refractivity contribution >= 4 is 17.7 Å². The number of nitrogens with one attached hydrogen (secondary N) is 1. The number of benzene rings is 1. The van der Waals surface area contributed by atoms with Crippen molar-refractivity contribution in [2.24, 2.45) is 0 Å². The molecule has 1 aliphatic heterocycles. The highest BCUT2D eigenvalue weighted by atomic mass is 35.5. The molecular weight excluding hydrogens is 380 g/mol. The maximum absolute atomic E-state index is 11.9. The molecule has 1 amide bonds. The minimum atomic E-state index is -0.502. The second-order valence-corrected chi connectivity index (χ2v) is 8.45. The van der Waals surface area contributed by atoms with Crippen LogP contribution in [0.1, 0.15) is 45.9 Å². The first-order chi connectivity index (χ1) is 13.3. The van der Waals surface area contributed by atoms with Gasteiger partial charge in [-0.2, -0.15) is 0 Å². The number of aromatic nitrogens is 2. The van der Waals surface area contributed by atoms with Gasteiger partial charge in [-0.3, -0.25) is 4.90 Å². The van der Waals surface area contributed by atoms with Crippen LogP contribution in [-0.2, 0) is 11.3 Å². The van der Waals surface area contributed by atoms with E-state index >= 15 is 0 Å². The molecule has 28 heavy (non-hydrogen) atoms. The summed E-state index contributed by atoms with van der Waals surface area (Å²) in [5, 5.41) is 11.9. The molecule has 1 unspecified atom stereocenters. The van der Waals surface area contributed by atoms with E-state index in [1.165, 1.54) is 0 Å². The maximum Gasteiger partial charge on any atom is 0.407 e. The molecule has 2 aromatic rings. The van der Waals surface area contributed by atoms with E-state index in [1.54, 1.807) is 12.1 Å². The van der Waals surface area contributed by atoms with Gasteiger partial charge in [0.25, 0.3) is 0 Å². The lowest BCUT2D eigenvalue weighted by Crippen LogP contribution is -2.47. The van der Waals surface area contributed by atoms with Crippen LogP contribution in [0.4, 0.5) is 4.79 Å². The van der Waals surface area contributed by atoms with Gasteiger partial charge in [-0.1, -0.05) is 18.0 Å². The van der Waals surface area contributed by atoms with Gasteiger partial charge in [-0.15, -0.1) is 10.2 Å². The van der Waals surface area contributed by atoms with E-state index in [9.17, 15) is 4.79 Å². The molecule has 0 aliphatic carbocycles. The minimum absolute atomic E-state index is 0.215. The van der Waals surface area contributed by atoms with Crippen molar-refractivity contribution in [1.82, 2.24) is 20.4 Å². The molecule has 1 N–H and O–H groups in total. The average Bonchev–Trinajstić information content (AvgIpc) is 3.09. The first-order valence-corrected chi connectivity index (χ1v) is 9.97. The van der Waals surface area contributed by atoms with Crippen LogP contribution in [0.25, 0.3) is 11.5 Å². The summed E-state index contributed by atoms with van der Waals surface area (Å²) in [5.74, 6) is 1.04. The molecule has 3 rings (SSSR count). The van der Waals surface area contributed by atoms with Crippen molar-refractivity contribution < 1.29 is 13.9 Å². The first kappa shape index (κ1) is 20.6. The SMILES string of the molecule is CC(C)(C)OC(=O)NCC1CCCCN1Cc1nnc(-c2ccc(Cl)cc2)o1. The number of carbonyl (C=O) groups is 1. The molecule has 1 atom stereocenters. The van der Waals surface area contributed by atoms with Gasteiger partial charge in [-0.25, -0.2) is 4.79 Å². The second-order valence-electron chi connectivity index (χ2n) is 8.01. The monoisotopic (exact) mass is 406 g/mol. The molecule has 1 fully saturated rings. The largest absolute Gasteiger partial charge is 0.444 e. The Labute approximate surface area is 170 Å². The Morgan fingerprint density at radius 1 is 1.29 bits per heavy atom. The molecular formula is C20H27ClN4O3. The number of amides is 1. The molecule has 1 saturated heterocycles. The third kappa shape index (κ3) is 5.94. The fraction of sp³-hybridized carbons (Fsp3) is 0.550. The van der Waals surface area contributed by atoms with Gasteiger partial charge in [0.1, 0.15) is 5.60 Å². The molecule has 152 valence electrons. The zero-order valence-corrected chi connectivity index (χ0v) is 17.3. The number of ether oxygens (including phenoxy) is 1. The lowest BCUT2D eigenvalue weighted by Gasteiger charge is -2.34. The van der Waals surface area contributed by atoms with Crippen molar-refractivity contribution in [2.45, 2.75) is 58.2 Å². The van der Waals surface area contributed by atoms with E-state index in [0.29, 0.717) is 29.9 Å².